The number of nitrogens with two attached hydrogens (primary N) is 1. The van der Waals surface area contributed by atoms with Crippen molar-refractivity contribution >= 4 is 11.8 Å². The highest BCUT2D eigenvalue weighted by atomic mass is 16.5. The molecule has 2 atom stereocenters. The summed E-state index contributed by atoms with van der Waals surface area (Å²) in [6.45, 7) is 0.559. The lowest BCUT2D eigenvalue weighted by atomic mass is 9.81. The molecular formula is C27H27N5O4. The third-order valence-corrected chi connectivity index (χ3v) is 6.02. The molecule has 0 aliphatic carbocycles. The molecule has 0 fully saturated rings. The minimum Gasteiger partial charge on any atom is -0.494 e. The van der Waals surface area contributed by atoms with Gasteiger partial charge in [0, 0.05) is 29.9 Å². The Morgan fingerprint density at radius 3 is 2.53 bits per heavy atom. The molecule has 1 aliphatic rings. The van der Waals surface area contributed by atoms with Crippen molar-refractivity contribution in [2.24, 2.45) is 15.8 Å². The van der Waals surface area contributed by atoms with Gasteiger partial charge in [0.2, 0.25) is 11.8 Å². The molecule has 4 rings (SSSR count). The summed E-state index contributed by atoms with van der Waals surface area (Å²) in [5, 5.41) is 12.7. The number of primary amides is 1. The minimum atomic E-state index is -1.42. The Balaban J connectivity index is 1.76. The maximum atomic E-state index is 13.1. The van der Waals surface area contributed by atoms with E-state index in [9.17, 15) is 4.79 Å². The number of amides is 1. The highest BCUT2D eigenvalue weighted by molar-refractivity contribution is 6.00. The van der Waals surface area contributed by atoms with Gasteiger partial charge in [-0.15, -0.1) is 0 Å². The highest BCUT2D eigenvalue weighted by Gasteiger charge is 2.52. The number of aliphatic imine (C=N–C) groups is 1. The number of benzene rings is 3. The van der Waals surface area contributed by atoms with Crippen molar-refractivity contribution in [3.63, 3.8) is 0 Å². The van der Waals surface area contributed by atoms with Crippen molar-refractivity contribution in [3.8, 4) is 5.75 Å². The van der Waals surface area contributed by atoms with Crippen LogP contribution in [0.5, 0.6) is 5.75 Å². The van der Waals surface area contributed by atoms with Gasteiger partial charge in [-0.2, -0.15) is 0 Å². The van der Waals surface area contributed by atoms with Crippen LogP contribution in [0.4, 0.5) is 0 Å². The molecular weight excluding hydrogens is 458 g/mol. The summed E-state index contributed by atoms with van der Waals surface area (Å²) in [5.41, 5.74) is 16.4. The molecule has 1 heterocycles. The number of rotatable bonds is 11. The summed E-state index contributed by atoms with van der Waals surface area (Å²) in [4.78, 5) is 20.8. The predicted molar refractivity (Wildman–Crippen MR) is 135 cm³/mol. The standard InChI is InChI=1S/C27H27N5O4/c28-26(34)27(17-19-7-2-1-3-8-19)24(23-10-5-4-9-21(23)18-30-32-29)36-25(31-27)20-11-13-22(14-12-20)35-16-6-15-33/h1-5,7-14,24,33H,6,15-18H2,(H2,28,34)/t24-,27-/m1/s1. The summed E-state index contributed by atoms with van der Waals surface area (Å²) in [6.07, 6.45) is -0.0548. The monoisotopic (exact) mass is 485 g/mol. The van der Waals surface area contributed by atoms with Gasteiger partial charge >= 0.3 is 0 Å². The van der Waals surface area contributed by atoms with Crippen LogP contribution in [0, 0.1) is 0 Å². The molecule has 184 valence electrons. The molecule has 3 N–H and O–H groups in total. The lowest BCUT2D eigenvalue weighted by Crippen LogP contribution is -2.47. The second-order valence-corrected chi connectivity index (χ2v) is 8.40. The number of hydrogen-bond acceptors (Lipinski definition) is 6. The molecule has 9 heteroatoms. The Hall–Kier alpha value is -4.33. The van der Waals surface area contributed by atoms with E-state index in [1.807, 2.05) is 54.6 Å². The van der Waals surface area contributed by atoms with E-state index in [2.05, 4.69) is 10.0 Å². The molecule has 36 heavy (non-hydrogen) atoms. The van der Waals surface area contributed by atoms with Crippen LogP contribution in [0.3, 0.4) is 0 Å². The third kappa shape index (κ3) is 5.33. The zero-order chi connectivity index (χ0) is 25.4. The van der Waals surface area contributed by atoms with Crippen molar-refractivity contribution in [3.05, 3.63) is 112 Å². The van der Waals surface area contributed by atoms with Gasteiger partial charge < -0.3 is 20.3 Å². The van der Waals surface area contributed by atoms with Gasteiger partial charge in [0.1, 0.15) is 5.75 Å². The van der Waals surface area contributed by atoms with Crippen LogP contribution in [-0.4, -0.2) is 35.7 Å². The van der Waals surface area contributed by atoms with Gasteiger partial charge in [-0.25, -0.2) is 4.99 Å². The molecule has 0 saturated carbocycles. The molecule has 0 unspecified atom stereocenters. The quantitative estimate of drug-likeness (QED) is 0.181. The molecule has 0 saturated heterocycles. The van der Waals surface area contributed by atoms with Gasteiger partial charge in [-0.1, -0.05) is 59.7 Å². The fourth-order valence-electron chi connectivity index (χ4n) is 4.23. The average molecular weight is 486 g/mol. The van der Waals surface area contributed by atoms with Gasteiger partial charge in [0.05, 0.1) is 13.2 Å². The average Bonchev–Trinajstić information content (AvgIpc) is 3.29. The van der Waals surface area contributed by atoms with E-state index < -0.39 is 17.6 Å². The highest BCUT2D eigenvalue weighted by Crippen LogP contribution is 2.43. The van der Waals surface area contributed by atoms with Crippen LogP contribution in [0.25, 0.3) is 10.4 Å². The number of nitrogens with zero attached hydrogens (tertiary/aromatic N) is 4. The number of aliphatic hydroxyl groups is 1. The molecule has 3 aromatic carbocycles. The number of azide groups is 1. The molecule has 3 aromatic rings. The van der Waals surface area contributed by atoms with Gasteiger partial charge in [0.25, 0.3) is 0 Å². The van der Waals surface area contributed by atoms with E-state index in [1.165, 1.54) is 0 Å². The first-order chi connectivity index (χ1) is 17.6. The molecule has 0 spiro atoms. The normalized spacial score (nSPS) is 18.6. The molecule has 0 aromatic heterocycles. The van der Waals surface area contributed by atoms with Crippen LogP contribution in [0.15, 0.2) is 89.0 Å². The largest absolute Gasteiger partial charge is 0.494 e. The summed E-state index contributed by atoms with van der Waals surface area (Å²) in [6, 6.07) is 24.0. The Labute approximate surface area is 208 Å². The molecule has 0 radical (unpaired) electrons. The molecule has 1 amide bonds. The van der Waals surface area contributed by atoms with Crippen molar-refractivity contribution in [2.75, 3.05) is 13.2 Å². The van der Waals surface area contributed by atoms with Gasteiger partial charge in [0.15, 0.2) is 11.6 Å². The van der Waals surface area contributed by atoms with E-state index in [0.717, 1.165) is 11.1 Å². The first kappa shape index (κ1) is 24.8. The smallest absolute Gasteiger partial charge is 0.250 e. The van der Waals surface area contributed by atoms with Gasteiger partial charge in [-0.05, 0) is 46.5 Å². The topological polar surface area (TPSA) is 143 Å². The third-order valence-electron chi connectivity index (χ3n) is 6.02. The van der Waals surface area contributed by atoms with Crippen LogP contribution in [-0.2, 0) is 22.5 Å². The van der Waals surface area contributed by atoms with E-state index in [1.54, 1.807) is 24.3 Å². The number of carbonyl (C=O) groups excluding carboxylic acids is 1. The first-order valence-electron chi connectivity index (χ1n) is 11.6. The minimum absolute atomic E-state index is 0.0574. The summed E-state index contributed by atoms with van der Waals surface area (Å²) in [7, 11) is 0. The van der Waals surface area contributed by atoms with Crippen molar-refractivity contribution < 1.29 is 19.4 Å². The fourth-order valence-corrected chi connectivity index (χ4v) is 4.23. The maximum absolute atomic E-state index is 13.1. The zero-order valence-electron chi connectivity index (χ0n) is 19.7. The lowest BCUT2D eigenvalue weighted by Gasteiger charge is -2.30. The zero-order valence-corrected chi connectivity index (χ0v) is 19.7. The Morgan fingerprint density at radius 1 is 1.11 bits per heavy atom. The van der Waals surface area contributed by atoms with Crippen molar-refractivity contribution in [1.82, 2.24) is 0 Å². The SMILES string of the molecule is [N-]=[N+]=NCc1ccccc1[C@H]1OC(c2ccc(OCCCO)cc2)=N[C@@]1(Cc1ccccc1)C(N)=O. The first-order valence-corrected chi connectivity index (χ1v) is 11.6. The van der Waals surface area contributed by atoms with Crippen molar-refractivity contribution in [1.29, 1.82) is 0 Å². The molecule has 0 bridgehead atoms. The second kappa shape index (κ2) is 11.4. The summed E-state index contributed by atoms with van der Waals surface area (Å²) in [5.74, 6) is 0.316. The molecule has 1 aliphatic heterocycles. The van der Waals surface area contributed by atoms with Crippen molar-refractivity contribution in [2.45, 2.75) is 31.0 Å². The number of aliphatic hydroxyl groups excluding tert-OH is 1. The second-order valence-electron chi connectivity index (χ2n) is 8.40. The molecule has 9 nitrogen and oxygen atoms in total. The fraction of sp³-hybridized carbons (Fsp3) is 0.259. The van der Waals surface area contributed by atoms with Crippen LogP contribution < -0.4 is 10.5 Å². The van der Waals surface area contributed by atoms with Crippen LogP contribution in [0.1, 0.15) is 34.8 Å². The number of carbonyl (C=O) groups is 1. The Kier molecular flexibility index (Phi) is 7.85. The Bertz CT molecular complexity index is 1270. The van der Waals surface area contributed by atoms with E-state index in [4.69, 9.17) is 30.8 Å². The Morgan fingerprint density at radius 2 is 1.83 bits per heavy atom. The van der Waals surface area contributed by atoms with E-state index in [-0.39, 0.29) is 25.5 Å². The predicted octanol–water partition coefficient (Wildman–Crippen LogP) is 4.24. The summed E-state index contributed by atoms with van der Waals surface area (Å²) >= 11 is 0. The maximum Gasteiger partial charge on any atom is 0.250 e. The van der Waals surface area contributed by atoms with E-state index in [0.29, 0.717) is 29.9 Å². The van der Waals surface area contributed by atoms with Crippen LogP contribution >= 0.6 is 0 Å². The number of ether oxygens (including phenoxy) is 2. The van der Waals surface area contributed by atoms with Crippen LogP contribution in [0.2, 0.25) is 0 Å². The number of hydrogen-bond donors (Lipinski definition) is 2. The van der Waals surface area contributed by atoms with E-state index >= 15 is 0 Å². The summed E-state index contributed by atoms with van der Waals surface area (Å²) < 4.78 is 12.0. The van der Waals surface area contributed by atoms with Gasteiger partial charge in [-0.3, -0.25) is 4.79 Å². The lowest BCUT2D eigenvalue weighted by molar-refractivity contribution is -0.125.